The third kappa shape index (κ3) is 6.24. The number of hydrogen-bond acceptors (Lipinski definition) is 3. The van der Waals surface area contributed by atoms with Crippen LogP contribution in [0.1, 0.15) is 67.7 Å². The lowest BCUT2D eigenvalue weighted by molar-refractivity contribution is 0.136. The van der Waals surface area contributed by atoms with Gasteiger partial charge < -0.3 is 4.90 Å². The monoisotopic (exact) mass is 281 g/mol. The van der Waals surface area contributed by atoms with E-state index in [1.54, 1.807) is 0 Å². The van der Waals surface area contributed by atoms with Crippen LogP contribution in [0.5, 0.6) is 0 Å². The molecule has 0 aromatic carbocycles. The standard InChI is InChI=1S/C17H35N3/c1-9-17(13-18,19-14(2)3)11-10-12-20(8)15(4)16(5,6)7/h14-15,19H,9-12H2,1-8H3. The molecule has 0 aromatic rings. The maximum Gasteiger partial charge on any atom is 0.106 e. The van der Waals surface area contributed by atoms with Crippen LogP contribution < -0.4 is 5.32 Å². The molecule has 2 atom stereocenters. The smallest absolute Gasteiger partial charge is 0.106 e. The quantitative estimate of drug-likeness (QED) is 0.735. The lowest BCUT2D eigenvalue weighted by Crippen LogP contribution is -2.48. The van der Waals surface area contributed by atoms with Crippen LogP contribution in [0.4, 0.5) is 0 Å². The van der Waals surface area contributed by atoms with Crippen molar-refractivity contribution < 1.29 is 0 Å². The van der Waals surface area contributed by atoms with Crippen LogP contribution in [0.2, 0.25) is 0 Å². The van der Waals surface area contributed by atoms with Gasteiger partial charge in [-0.2, -0.15) is 5.26 Å². The van der Waals surface area contributed by atoms with Crippen LogP contribution in [0.15, 0.2) is 0 Å². The molecule has 0 radical (unpaired) electrons. The van der Waals surface area contributed by atoms with E-state index in [1.165, 1.54) is 0 Å². The van der Waals surface area contributed by atoms with Crippen LogP contribution in [0.3, 0.4) is 0 Å². The number of hydrogen-bond donors (Lipinski definition) is 1. The molecule has 0 aliphatic carbocycles. The summed E-state index contributed by atoms with van der Waals surface area (Å²) in [6, 6.07) is 3.39. The molecular weight excluding hydrogens is 246 g/mol. The Morgan fingerprint density at radius 1 is 1.20 bits per heavy atom. The van der Waals surface area contributed by atoms with E-state index in [4.69, 9.17) is 0 Å². The van der Waals surface area contributed by atoms with Gasteiger partial charge in [-0.25, -0.2) is 0 Å². The van der Waals surface area contributed by atoms with Gasteiger partial charge in [0.15, 0.2) is 0 Å². The van der Waals surface area contributed by atoms with Gasteiger partial charge in [0.05, 0.1) is 6.07 Å². The van der Waals surface area contributed by atoms with Crippen molar-refractivity contribution in [3.63, 3.8) is 0 Å². The van der Waals surface area contributed by atoms with E-state index in [2.05, 4.69) is 71.8 Å². The molecule has 2 unspecified atom stereocenters. The van der Waals surface area contributed by atoms with Crippen LogP contribution in [-0.2, 0) is 0 Å². The van der Waals surface area contributed by atoms with Gasteiger partial charge in [-0.1, -0.05) is 27.7 Å². The first-order valence-corrected chi connectivity index (χ1v) is 7.97. The summed E-state index contributed by atoms with van der Waals surface area (Å²) in [6.45, 7) is 16.5. The molecular formula is C17H35N3. The molecule has 0 saturated carbocycles. The average molecular weight is 281 g/mol. The first-order chi connectivity index (χ1) is 9.08. The minimum absolute atomic E-state index is 0.294. The fourth-order valence-corrected chi connectivity index (χ4v) is 2.56. The minimum atomic E-state index is -0.361. The van der Waals surface area contributed by atoms with Gasteiger partial charge in [0.25, 0.3) is 0 Å². The molecule has 0 bridgehead atoms. The van der Waals surface area contributed by atoms with Crippen molar-refractivity contribution in [2.75, 3.05) is 13.6 Å². The van der Waals surface area contributed by atoms with E-state index in [-0.39, 0.29) is 5.54 Å². The Balaban J connectivity index is 4.43. The summed E-state index contributed by atoms with van der Waals surface area (Å²) in [5, 5.41) is 12.9. The first kappa shape index (κ1) is 19.4. The van der Waals surface area contributed by atoms with E-state index in [1.807, 2.05) is 0 Å². The molecule has 0 fully saturated rings. The molecule has 1 N–H and O–H groups in total. The third-order valence-corrected chi connectivity index (χ3v) is 4.41. The lowest BCUT2D eigenvalue weighted by Gasteiger charge is -2.36. The molecule has 0 aliphatic heterocycles. The summed E-state index contributed by atoms with van der Waals surface area (Å²) in [7, 11) is 2.19. The summed E-state index contributed by atoms with van der Waals surface area (Å²) in [5.41, 5.74) is -0.0675. The predicted octanol–water partition coefficient (Wildman–Crippen LogP) is 3.80. The maximum atomic E-state index is 9.50. The highest BCUT2D eigenvalue weighted by atomic mass is 15.1. The van der Waals surface area contributed by atoms with Gasteiger partial charge >= 0.3 is 0 Å². The molecule has 0 heterocycles. The fraction of sp³-hybridized carbons (Fsp3) is 0.941. The van der Waals surface area contributed by atoms with Crippen LogP contribution in [0.25, 0.3) is 0 Å². The van der Waals surface area contributed by atoms with Gasteiger partial charge in [0.1, 0.15) is 5.54 Å². The Bertz CT molecular complexity index is 311. The van der Waals surface area contributed by atoms with Crippen LogP contribution in [-0.4, -0.2) is 36.1 Å². The SMILES string of the molecule is CCC(C#N)(CCCN(C)C(C)C(C)(C)C)NC(C)C. The highest BCUT2D eigenvalue weighted by Gasteiger charge is 2.29. The molecule has 118 valence electrons. The Labute approximate surface area is 126 Å². The van der Waals surface area contributed by atoms with Gasteiger partial charge in [0, 0.05) is 12.1 Å². The molecule has 0 amide bonds. The van der Waals surface area contributed by atoms with E-state index >= 15 is 0 Å². The Morgan fingerprint density at radius 3 is 2.10 bits per heavy atom. The second kappa shape index (κ2) is 8.00. The molecule has 0 saturated heterocycles. The van der Waals surface area contributed by atoms with Crippen molar-refractivity contribution in [3.8, 4) is 6.07 Å². The van der Waals surface area contributed by atoms with Crippen molar-refractivity contribution in [3.05, 3.63) is 0 Å². The fourth-order valence-electron chi connectivity index (χ4n) is 2.56. The maximum absolute atomic E-state index is 9.50. The molecule has 0 rings (SSSR count). The van der Waals surface area contributed by atoms with E-state index in [0.29, 0.717) is 17.5 Å². The highest BCUT2D eigenvalue weighted by molar-refractivity contribution is 5.06. The zero-order valence-electron chi connectivity index (χ0n) is 14.9. The van der Waals surface area contributed by atoms with Gasteiger partial charge in [-0.05, 0) is 59.0 Å². The van der Waals surface area contributed by atoms with Crippen LogP contribution >= 0.6 is 0 Å². The normalized spacial score (nSPS) is 17.1. The summed E-state index contributed by atoms with van der Waals surface area (Å²) in [5.74, 6) is 0. The summed E-state index contributed by atoms with van der Waals surface area (Å²) in [4.78, 5) is 2.41. The zero-order chi connectivity index (χ0) is 16.0. The first-order valence-electron chi connectivity index (χ1n) is 7.97. The van der Waals surface area contributed by atoms with Crippen molar-refractivity contribution in [1.29, 1.82) is 5.26 Å². The summed E-state index contributed by atoms with van der Waals surface area (Å²) >= 11 is 0. The van der Waals surface area contributed by atoms with Crippen molar-refractivity contribution in [2.24, 2.45) is 5.41 Å². The third-order valence-electron chi connectivity index (χ3n) is 4.41. The Hall–Kier alpha value is -0.590. The molecule has 3 nitrogen and oxygen atoms in total. The number of nitriles is 1. The van der Waals surface area contributed by atoms with Crippen LogP contribution in [0, 0.1) is 16.7 Å². The average Bonchev–Trinajstić information content (AvgIpc) is 2.34. The Kier molecular flexibility index (Phi) is 7.76. The van der Waals surface area contributed by atoms with E-state index in [0.717, 1.165) is 25.8 Å². The molecule has 0 spiro atoms. The molecule has 0 aromatic heterocycles. The Morgan fingerprint density at radius 2 is 1.75 bits per heavy atom. The van der Waals surface area contributed by atoms with E-state index in [9.17, 15) is 5.26 Å². The molecule has 3 heteroatoms. The number of rotatable bonds is 8. The van der Waals surface area contributed by atoms with Crippen molar-refractivity contribution >= 4 is 0 Å². The largest absolute Gasteiger partial charge is 0.303 e. The van der Waals surface area contributed by atoms with Gasteiger partial charge in [-0.3, -0.25) is 5.32 Å². The minimum Gasteiger partial charge on any atom is -0.303 e. The van der Waals surface area contributed by atoms with Crippen molar-refractivity contribution in [1.82, 2.24) is 10.2 Å². The zero-order valence-corrected chi connectivity index (χ0v) is 14.9. The lowest BCUT2D eigenvalue weighted by atomic mass is 9.86. The molecule has 0 aliphatic rings. The van der Waals surface area contributed by atoms with Gasteiger partial charge in [-0.15, -0.1) is 0 Å². The summed E-state index contributed by atoms with van der Waals surface area (Å²) < 4.78 is 0. The topological polar surface area (TPSA) is 39.1 Å². The predicted molar refractivity (Wildman–Crippen MR) is 87.7 cm³/mol. The molecule has 20 heavy (non-hydrogen) atoms. The van der Waals surface area contributed by atoms with Crippen molar-refractivity contribution in [2.45, 2.75) is 85.4 Å². The highest BCUT2D eigenvalue weighted by Crippen LogP contribution is 2.24. The second-order valence-electron chi connectivity index (χ2n) is 7.47. The van der Waals surface area contributed by atoms with E-state index < -0.39 is 0 Å². The second-order valence-corrected chi connectivity index (χ2v) is 7.47. The number of nitrogens with one attached hydrogen (secondary N) is 1. The summed E-state index contributed by atoms with van der Waals surface area (Å²) in [6.07, 6.45) is 2.83. The van der Waals surface area contributed by atoms with Gasteiger partial charge in [0.2, 0.25) is 0 Å². The number of nitrogens with zero attached hydrogens (tertiary/aromatic N) is 2.